The second kappa shape index (κ2) is 9.06. The van der Waals surface area contributed by atoms with Gasteiger partial charge in [0.2, 0.25) is 0 Å². The summed E-state index contributed by atoms with van der Waals surface area (Å²) in [5.74, 6) is 3.49. The summed E-state index contributed by atoms with van der Waals surface area (Å²) in [5, 5.41) is 9.05. The standard InChI is InChI=1S/C34H30N8O2/c1-5-13-29-21(9-1)41(22-10-2-6-14-30(22)43-29)27-17-25-26(40-20-36-38-34(40)33-37-35-19-39(25)33)18-28(27)42-23-11-3-7-15-31(23)44-32-16-8-4-12-24(32)42/h1-16,19-20,25-28,33-34,37-38H,17-18H2. The maximum absolute atomic E-state index is 6.47. The van der Waals surface area contributed by atoms with Gasteiger partial charge in [0.15, 0.2) is 35.3 Å². The molecule has 6 atom stereocenters. The van der Waals surface area contributed by atoms with Crippen molar-refractivity contribution in [3.63, 3.8) is 0 Å². The normalized spacial score (nSPS) is 28.2. The number of nitrogens with zero attached hydrogens (tertiary/aromatic N) is 6. The number of hydrogen-bond donors (Lipinski definition) is 2. The van der Waals surface area contributed by atoms with Crippen molar-refractivity contribution >= 4 is 35.4 Å². The van der Waals surface area contributed by atoms with Gasteiger partial charge >= 0.3 is 0 Å². The van der Waals surface area contributed by atoms with E-state index in [4.69, 9.17) is 9.47 Å². The Bertz CT molecular complexity index is 1620. The number of anilines is 4. The first-order chi connectivity index (χ1) is 21.8. The predicted octanol–water partition coefficient (Wildman–Crippen LogP) is 5.51. The fourth-order valence-corrected chi connectivity index (χ4v) is 8.18. The fourth-order valence-electron chi connectivity index (χ4n) is 8.18. The van der Waals surface area contributed by atoms with Crippen molar-refractivity contribution in [3.05, 3.63) is 97.1 Å². The van der Waals surface area contributed by atoms with E-state index in [-0.39, 0.29) is 36.5 Å². The Labute approximate surface area is 254 Å². The molecular weight excluding hydrogens is 552 g/mol. The SMILES string of the molecule is C1=NNC2C3NN=CN3C3CC(N4c5ccccc5Oc5ccccc54)C(N4c5ccccc5Oc5ccccc54)CC3N12. The van der Waals surface area contributed by atoms with Gasteiger partial charge in [-0.1, -0.05) is 48.5 Å². The van der Waals surface area contributed by atoms with Crippen molar-refractivity contribution in [3.8, 4) is 23.0 Å². The molecule has 2 N–H and O–H groups in total. The molecule has 4 aromatic rings. The van der Waals surface area contributed by atoms with Crippen LogP contribution in [-0.2, 0) is 0 Å². The van der Waals surface area contributed by atoms with Crippen LogP contribution in [0.1, 0.15) is 12.8 Å². The summed E-state index contributed by atoms with van der Waals surface area (Å²) in [6.45, 7) is 0. The Morgan fingerprint density at radius 3 is 1.18 bits per heavy atom. The molecule has 0 bridgehead atoms. The molecule has 2 fully saturated rings. The van der Waals surface area contributed by atoms with Crippen LogP contribution in [-0.4, -0.2) is 59.0 Å². The van der Waals surface area contributed by atoms with Crippen molar-refractivity contribution in [1.82, 2.24) is 20.7 Å². The van der Waals surface area contributed by atoms with E-state index in [2.05, 4.69) is 113 Å². The maximum atomic E-state index is 6.47. The van der Waals surface area contributed by atoms with E-state index in [1.165, 1.54) is 0 Å². The lowest BCUT2D eigenvalue weighted by atomic mass is 9.77. The molecule has 10 rings (SSSR count). The molecule has 10 nitrogen and oxygen atoms in total. The highest BCUT2D eigenvalue weighted by Crippen LogP contribution is 2.54. The highest BCUT2D eigenvalue weighted by Gasteiger charge is 2.56. The van der Waals surface area contributed by atoms with Gasteiger partial charge in [0.1, 0.15) is 12.7 Å². The van der Waals surface area contributed by atoms with Gasteiger partial charge in [0.05, 0.1) is 46.9 Å². The minimum atomic E-state index is 0.00468. The predicted molar refractivity (Wildman–Crippen MR) is 169 cm³/mol. The highest BCUT2D eigenvalue weighted by molar-refractivity contribution is 5.82. The summed E-state index contributed by atoms with van der Waals surface area (Å²) in [6, 6.07) is 34.2. The number of nitrogens with one attached hydrogen (secondary N) is 2. The van der Waals surface area contributed by atoms with Crippen LogP contribution in [0.5, 0.6) is 23.0 Å². The Kier molecular flexibility index (Phi) is 4.96. The Morgan fingerprint density at radius 2 is 0.818 bits per heavy atom. The zero-order valence-electron chi connectivity index (χ0n) is 23.8. The topological polar surface area (TPSA) is 80.2 Å². The van der Waals surface area contributed by atoms with Gasteiger partial charge in [-0.05, 0) is 61.4 Å². The summed E-state index contributed by atoms with van der Waals surface area (Å²) in [6.07, 6.45) is 5.76. The molecular formula is C34H30N8O2. The van der Waals surface area contributed by atoms with E-state index in [0.717, 1.165) is 58.6 Å². The molecule has 0 spiro atoms. The van der Waals surface area contributed by atoms with E-state index in [0.29, 0.717) is 0 Å². The molecule has 5 aliphatic heterocycles. The van der Waals surface area contributed by atoms with Gasteiger partial charge in [-0.3, -0.25) is 10.9 Å². The third-order valence-electron chi connectivity index (χ3n) is 9.96. The minimum Gasteiger partial charge on any atom is -0.453 e. The number of ether oxygens (including phenoxy) is 2. The zero-order valence-corrected chi connectivity index (χ0v) is 23.8. The third-order valence-corrected chi connectivity index (χ3v) is 9.96. The van der Waals surface area contributed by atoms with Crippen LogP contribution in [0.4, 0.5) is 22.7 Å². The van der Waals surface area contributed by atoms with Crippen molar-refractivity contribution in [1.29, 1.82) is 0 Å². The molecule has 0 aromatic heterocycles. The molecule has 10 heteroatoms. The summed E-state index contributed by atoms with van der Waals surface area (Å²) in [4.78, 5) is 9.90. The smallest absolute Gasteiger partial charge is 0.157 e. The average Bonchev–Trinajstić information content (AvgIpc) is 3.76. The third kappa shape index (κ3) is 3.30. The van der Waals surface area contributed by atoms with E-state index in [1.54, 1.807) is 0 Å². The van der Waals surface area contributed by atoms with Crippen LogP contribution in [0.3, 0.4) is 0 Å². The molecule has 44 heavy (non-hydrogen) atoms. The molecule has 6 aliphatic rings. The maximum Gasteiger partial charge on any atom is 0.157 e. The number of fused-ring (bicyclic) bond motifs is 10. The van der Waals surface area contributed by atoms with Gasteiger partial charge in [-0.15, -0.1) is 0 Å². The summed E-state index contributed by atoms with van der Waals surface area (Å²) < 4.78 is 12.9. The molecule has 4 aromatic carbocycles. The van der Waals surface area contributed by atoms with Gasteiger partial charge < -0.3 is 29.1 Å². The van der Waals surface area contributed by atoms with Crippen molar-refractivity contribution in [2.24, 2.45) is 10.2 Å². The van der Waals surface area contributed by atoms with Crippen LogP contribution in [0.2, 0.25) is 0 Å². The van der Waals surface area contributed by atoms with E-state index >= 15 is 0 Å². The largest absolute Gasteiger partial charge is 0.453 e. The van der Waals surface area contributed by atoms with Gasteiger partial charge in [0.25, 0.3) is 0 Å². The van der Waals surface area contributed by atoms with Crippen LogP contribution in [0.25, 0.3) is 0 Å². The highest BCUT2D eigenvalue weighted by atomic mass is 16.5. The number of hydrazone groups is 2. The van der Waals surface area contributed by atoms with Gasteiger partial charge in [0, 0.05) is 0 Å². The van der Waals surface area contributed by atoms with E-state index < -0.39 is 0 Å². The molecule has 0 radical (unpaired) electrons. The molecule has 1 saturated heterocycles. The second-order valence-corrected chi connectivity index (χ2v) is 12.1. The molecule has 1 aliphatic carbocycles. The van der Waals surface area contributed by atoms with E-state index in [1.807, 2.05) is 36.9 Å². The summed E-state index contributed by atoms with van der Waals surface area (Å²) in [7, 11) is 0. The summed E-state index contributed by atoms with van der Waals surface area (Å²) in [5.41, 5.74) is 11.0. The van der Waals surface area contributed by atoms with Crippen molar-refractivity contribution in [2.45, 2.75) is 49.3 Å². The number of para-hydroxylation sites is 8. The summed E-state index contributed by atoms with van der Waals surface area (Å²) >= 11 is 0. The average molecular weight is 583 g/mol. The van der Waals surface area contributed by atoms with Crippen LogP contribution in [0.15, 0.2) is 107 Å². The van der Waals surface area contributed by atoms with Gasteiger partial charge in [-0.25, -0.2) is 0 Å². The number of piperazine rings is 1. The Hall–Kier alpha value is -5.38. The fraction of sp³-hybridized carbons (Fsp3) is 0.235. The first-order valence-electron chi connectivity index (χ1n) is 15.3. The van der Waals surface area contributed by atoms with Crippen molar-refractivity contribution < 1.29 is 9.47 Å². The van der Waals surface area contributed by atoms with Crippen LogP contribution < -0.4 is 30.1 Å². The number of hydrogen-bond acceptors (Lipinski definition) is 10. The molecule has 6 unspecified atom stereocenters. The Balaban J connectivity index is 1.19. The molecule has 218 valence electrons. The number of rotatable bonds is 2. The molecule has 5 heterocycles. The van der Waals surface area contributed by atoms with Gasteiger partial charge in [-0.2, -0.15) is 10.2 Å². The minimum absolute atomic E-state index is 0.00468. The lowest BCUT2D eigenvalue weighted by Gasteiger charge is -2.58. The van der Waals surface area contributed by atoms with Crippen LogP contribution >= 0.6 is 0 Å². The molecule has 1 saturated carbocycles. The lowest BCUT2D eigenvalue weighted by Crippen LogP contribution is -2.74. The monoisotopic (exact) mass is 582 g/mol. The van der Waals surface area contributed by atoms with Crippen LogP contribution in [0, 0.1) is 0 Å². The second-order valence-electron chi connectivity index (χ2n) is 12.1. The van der Waals surface area contributed by atoms with Crippen molar-refractivity contribution in [2.75, 3.05) is 9.80 Å². The zero-order chi connectivity index (χ0) is 28.8. The number of benzene rings is 4. The first-order valence-corrected chi connectivity index (χ1v) is 15.3. The Morgan fingerprint density at radius 1 is 0.477 bits per heavy atom. The quantitative estimate of drug-likeness (QED) is 0.321. The van der Waals surface area contributed by atoms with E-state index in [9.17, 15) is 0 Å². The molecule has 0 amide bonds. The first kappa shape index (κ1) is 24.1. The lowest BCUT2D eigenvalue weighted by molar-refractivity contribution is -0.0131.